The zero-order valence-electron chi connectivity index (χ0n) is 11.7. The topological polar surface area (TPSA) is 78.4 Å². The van der Waals surface area contributed by atoms with Crippen molar-refractivity contribution in [3.63, 3.8) is 0 Å². The third-order valence-corrected chi connectivity index (χ3v) is 3.91. The van der Waals surface area contributed by atoms with Crippen molar-refractivity contribution in [3.05, 3.63) is 35.4 Å². The van der Waals surface area contributed by atoms with Crippen LogP contribution in [0.3, 0.4) is 0 Å². The normalized spacial score (nSPS) is 20.6. The molecule has 1 aliphatic heterocycles. The predicted molar refractivity (Wildman–Crippen MR) is 75.2 cm³/mol. The molecule has 108 valence electrons. The van der Waals surface area contributed by atoms with Gasteiger partial charge >= 0.3 is 5.97 Å². The maximum absolute atomic E-state index is 12.2. The molecule has 1 aliphatic rings. The molecule has 0 saturated heterocycles. The molecule has 2 rings (SSSR count). The van der Waals surface area contributed by atoms with Crippen molar-refractivity contribution in [1.29, 1.82) is 0 Å². The van der Waals surface area contributed by atoms with Crippen LogP contribution >= 0.6 is 0 Å². The number of aliphatic carboxylic acids is 1. The first-order valence-corrected chi connectivity index (χ1v) is 6.82. The molecule has 20 heavy (non-hydrogen) atoms. The molecule has 3 atom stereocenters. The lowest BCUT2D eigenvalue weighted by Gasteiger charge is -2.27. The minimum atomic E-state index is -0.903. The lowest BCUT2D eigenvalue weighted by molar-refractivity contribution is -0.142. The first-order valence-electron chi connectivity index (χ1n) is 6.82. The highest BCUT2D eigenvalue weighted by Gasteiger charge is 2.27. The Kier molecular flexibility index (Phi) is 4.39. The number of benzene rings is 1. The Morgan fingerprint density at radius 3 is 2.60 bits per heavy atom. The summed E-state index contributed by atoms with van der Waals surface area (Å²) < 4.78 is 0. The number of rotatable bonds is 4. The number of carbonyl (C=O) groups excluding carboxylic acids is 1. The predicted octanol–water partition coefficient (Wildman–Crippen LogP) is 0.926. The van der Waals surface area contributed by atoms with Crippen LogP contribution in [0.5, 0.6) is 0 Å². The Labute approximate surface area is 118 Å². The van der Waals surface area contributed by atoms with Crippen molar-refractivity contribution >= 4 is 11.9 Å². The monoisotopic (exact) mass is 276 g/mol. The van der Waals surface area contributed by atoms with E-state index in [1.165, 1.54) is 11.1 Å². The lowest BCUT2D eigenvalue weighted by Crippen LogP contribution is -2.51. The molecule has 0 radical (unpaired) electrons. The van der Waals surface area contributed by atoms with Gasteiger partial charge in [0.2, 0.25) is 5.91 Å². The number of carbonyl (C=O) groups is 2. The minimum Gasteiger partial charge on any atom is -0.481 e. The van der Waals surface area contributed by atoms with Gasteiger partial charge in [-0.15, -0.1) is 0 Å². The fourth-order valence-corrected chi connectivity index (χ4v) is 2.30. The molecule has 1 aromatic rings. The largest absolute Gasteiger partial charge is 0.481 e. The van der Waals surface area contributed by atoms with E-state index in [4.69, 9.17) is 5.11 Å². The number of hydrogen-bond acceptors (Lipinski definition) is 3. The van der Waals surface area contributed by atoms with Gasteiger partial charge in [-0.2, -0.15) is 0 Å². The Balaban J connectivity index is 1.96. The maximum atomic E-state index is 12.2. The molecule has 5 heteroatoms. The van der Waals surface area contributed by atoms with E-state index >= 15 is 0 Å². The molecule has 0 fully saturated rings. The van der Waals surface area contributed by atoms with Gasteiger partial charge in [-0.3, -0.25) is 9.59 Å². The number of amides is 1. The molecular weight excluding hydrogens is 256 g/mol. The van der Waals surface area contributed by atoms with E-state index in [2.05, 4.69) is 10.6 Å². The Bertz CT molecular complexity index is 516. The van der Waals surface area contributed by atoms with Crippen molar-refractivity contribution in [3.8, 4) is 0 Å². The summed E-state index contributed by atoms with van der Waals surface area (Å²) in [6.07, 6.45) is 0.635. The molecule has 1 aromatic carbocycles. The summed E-state index contributed by atoms with van der Waals surface area (Å²) in [5, 5.41) is 14.9. The fraction of sp³-hybridized carbons (Fsp3) is 0.467. The van der Waals surface area contributed by atoms with Gasteiger partial charge in [0.1, 0.15) is 0 Å². The highest BCUT2D eigenvalue weighted by atomic mass is 16.4. The molecule has 0 aliphatic carbocycles. The molecule has 1 heterocycles. The van der Waals surface area contributed by atoms with E-state index in [1.807, 2.05) is 24.3 Å². The summed E-state index contributed by atoms with van der Waals surface area (Å²) in [5.41, 5.74) is 2.38. The van der Waals surface area contributed by atoms with Gasteiger partial charge < -0.3 is 15.7 Å². The third kappa shape index (κ3) is 3.17. The molecule has 0 aromatic heterocycles. The van der Waals surface area contributed by atoms with E-state index in [0.717, 1.165) is 0 Å². The number of carboxylic acids is 1. The van der Waals surface area contributed by atoms with Gasteiger partial charge in [0.05, 0.1) is 12.0 Å². The molecule has 5 nitrogen and oxygen atoms in total. The van der Waals surface area contributed by atoms with Crippen LogP contribution in [0.2, 0.25) is 0 Å². The molecule has 0 spiro atoms. The van der Waals surface area contributed by atoms with Crippen LogP contribution in [-0.2, 0) is 22.6 Å². The van der Waals surface area contributed by atoms with E-state index in [0.29, 0.717) is 13.0 Å². The Morgan fingerprint density at radius 1 is 1.30 bits per heavy atom. The first-order chi connectivity index (χ1) is 9.49. The Morgan fingerprint density at radius 2 is 1.95 bits per heavy atom. The summed E-state index contributed by atoms with van der Waals surface area (Å²) in [6.45, 7) is 3.97. The fourth-order valence-electron chi connectivity index (χ4n) is 2.30. The van der Waals surface area contributed by atoms with Crippen LogP contribution in [0.1, 0.15) is 25.0 Å². The molecule has 3 unspecified atom stereocenters. The zero-order chi connectivity index (χ0) is 14.7. The Hall–Kier alpha value is -1.88. The van der Waals surface area contributed by atoms with Crippen LogP contribution in [0.4, 0.5) is 0 Å². The highest BCUT2D eigenvalue weighted by Crippen LogP contribution is 2.16. The van der Waals surface area contributed by atoms with E-state index in [-0.39, 0.29) is 18.0 Å². The number of nitrogens with one attached hydrogen (secondary N) is 2. The summed E-state index contributed by atoms with van der Waals surface area (Å²) in [7, 11) is 0. The van der Waals surface area contributed by atoms with E-state index in [1.54, 1.807) is 13.8 Å². The number of fused-ring (bicyclic) bond motifs is 1. The second-order valence-electron chi connectivity index (χ2n) is 5.33. The molecule has 1 amide bonds. The van der Waals surface area contributed by atoms with E-state index in [9.17, 15) is 9.59 Å². The SMILES string of the molecule is CC(NC(=O)C1Cc2ccccc2CN1)C(C)C(=O)O. The van der Waals surface area contributed by atoms with Crippen LogP contribution in [0.25, 0.3) is 0 Å². The maximum Gasteiger partial charge on any atom is 0.308 e. The summed E-state index contributed by atoms with van der Waals surface area (Å²) in [6, 6.07) is 7.34. The molecule has 0 saturated carbocycles. The molecular formula is C15H20N2O3. The second kappa shape index (κ2) is 6.05. The first kappa shape index (κ1) is 14.5. The van der Waals surface area contributed by atoms with E-state index < -0.39 is 11.9 Å². The molecule has 0 bridgehead atoms. The van der Waals surface area contributed by atoms with Gasteiger partial charge in [-0.1, -0.05) is 24.3 Å². The van der Waals surface area contributed by atoms with Crippen LogP contribution in [0, 0.1) is 5.92 Å². The lowest BCUT2D eigenvalue weighted by atomic mass is 9.95. The van der Waals surface area contributed by atoms with Gasteiger partial charge in [-0.25, -0.2) is 0 Å². The van der Waals surface area contributed by atoms with Gasteiger partial charge in [0.15, 0.2) is 0 Å². The average Bonchev–Trinajstić information content (AvgIpc) is 2.45. The minimum absolute atomic E-state index is 0.139. The third-order valence-electron chi connectivity index (χ3n) is 3.91. The average molecular weight is 276 g/mol. The summed E-state index contributed by atoms with van der Waals surface area (Å²) in [4.78, 5) is 23.1. The van der Waals surface area contributed by atoms with Crippen LogP contribution in [0.15, 0.2) is 24.3 Å². The number of hydrogen-bond donors (Lipinski definition) is 3. The zero-order valence-corrected chi connectivity index (χ0v) is 11.7. The van der Waals surface area contributed by atoms with Gasteiger partial charge in [-0.05, 0) is 31.4 Å². The number of carboxylic acid groups (broad SMARTS) is 1. The molecule has 3 N–H and O–H groups in total. The summed E-state index contributed by atoms with van der Waals surface area (Å²) in [5.74, 6) is -1.64. The van der Waals surface area contributed by atoms with Crippen molar-refractivity contribution in [1.82, 2.24) is 10.6 Å². The quantitative estimate of drug-likeness (QED) is 0.764. The highest BCUT2D eigenvalue weighted by molar-refractivity contribution is 5.83. The van der Waals surface area contributed by atoms with Crippen LogP contribution < -0.4 is 10.6 Å². The van der Waals surface area contributed by atoms with Crippen LogP contribution in [-0.4, -0.2) is 29.1 Å². The van der Waals surface area contributed by atoms with Crippen molar-refractivity contribution in [2.45, 2.75) is 38.9 Å². The summed E-state index contributed by atoms with van der Waals surface area (Å²) >= 11 is 0. The van der Waals surface area contributed by atoms with Crippen molar-refractivity contribution in [2.75, 3.05) is 0 Å². The smallest absolute Gasteiger partial charge is 0.308 e. The van der Waals surface area contributed by atoms with Crippen molar-refractivity contribution in [2.24, 2.45) is 5.92 Å². The van der Waals surface area contributed by atoms with Gasteiger partial charge in [0.25, 0.3) is 0 Å². The second-order valence-corrected chi connectivity index (χ2v) is 5.33. The van der Waals surface area contributed by atoms with Crippen molar-refractivity contribution < 1.29 is 14.7 Å². The standard InChI is InChI=1S/C15H20N2O3/c1-9(15(19)20)10(2)17-14(18)13-7-11-5-3-4-6-12(11)8-16-13/h3-6,9-10,13,16H,7-8H2,1-2H3,(H,17,18)(H,19,20). The van der Waals surface area contributed by atoms with Gasteiger partial charge in [0, 0.05) is 12.6 Å².